The minimum atomic E-state index is -2.67. The van der Waals surface area contributed by atoms with Crippen molar-refractivity contribution < 1.29 is 13.2 Å². The van der Waals surface area contributed by atoms with E-state index in [1.165, 1.54) is 36.7 Å². The van der Waals surface area contributed by atoms with E-state index in [1.807, 2.05) is 0 Å². The normalized spacial score (nSPS) is 17.8. The lowest BCUT2D eigenvalue weighted by Gasteiger charge is -2.15. The molecule has 0 aromatic heterocycles. The van der Waals surface area contributed by atoms with Crippen molar-refractivity contribution in [1.82, 2.24) is 5.32 Å². The van der Waals surface area contributed by atoms with Gasteiger partial charge in [0.2, 0.25) is 0 Å². The highest BCUT2D eigenvalue weighted by Crippen LogP contribution is 2.42. The summed E-state index contributed by atoms with van der Waals surface area (Å²) in [6.07, 6.45) is 4.21. The van der Waals surface area contributed by atoms with Crippen molar-refractivity contribution >= 4 is 29.1 Å². The van der Waals surface area contributed by atoms with Crippen LogP contribution in [0.2, 0.25) is 5.02 Å². The summed E-state index contributed by atoms with van der Waals surface area (Å²) in [6, 6.07) is 1.80. The lowest BCUT2D eigenvalue weighted by molar-refractivity contribution is 0.108. The van der Waals surface area contributed by atoms with E-state index in [0.717, 1.165) is 0 Å². The van der Waals surface area contributed by atoms with Crippen LogP contribution < -0.4 is 10.6 Å². The summed E-state index contributed by atoms with van der Waals surface area (Å²) in [7, 11) is 0. The van der Waals surface area contributed by atoms with Gasteiger partial charge in [-0.05, 0) is 18.4 Å². The third-order valence-corrected chi connectivity index (χ3v) is 4.27. The molecule has 0 saturated heterocycles. The zero-order valence-corrected chi connectivity index (χ0v) is 15.1. The number of halogens is 4. The number of benzene rings is 1. The fraction of sp³-hybridized carbons (Fsp3) is 0.500. The standard InChI is InChI=1S/C12H12ClF3N2S.C4H10/c1-6(18-11-5-12(11,15)16)17-9-3-7(13)8(14)4-10(9)19-2;1-3-4-2/h3-4,11,17-18H,1,5H2,2H3;3-4H2,1-2H3. The summed E-state index contributed by atoms with van der Waals surface area (Å²) in [5, 5.41) is 5.37. The maximum atomic E-state index is 13.3. The van der Waals surface area contributed by atoms with Gasteiger partial charge in [-0.15, -0.1) is 11.8 Å². The van der Waals surface area contributed by atoms with Crippen LogP contribution in [0.4, 0.5) is 18.9 Å². The average molecular weight is 367 g/mol. The topological polar surface area (TPSA) is 24.1 Å². The van der Waals surface area contributed by atoms with Gasteiger partial charge in [0, 0.05) is 11.3 Å². The highest BCUT2D eigenvalue weighted by molar-refractivity contribution is 7.98. The van der Waals surface area contributed by atoms with Crippen LogP contribution >= 0.6 is 23.4 Å². The molecule has 0 aliphatic heterocycles. The van der Waals surface area contributed by atoms with Gasteiger partial charge in [-0.3, -0.25) is 0 Å². The molecule has 1 unspecified atom stereocenters. The fourth-order valence-corrected chi connectivity index (χ4v) is 2.29. The largest absolute Gasteiger partial charge is 0.363 e. The van der Waals surface area contributed by atoms with E-state index < -0.39 is 17.8 Å². The Morgan fingerprint density at radius 3 is 2.39 bits per heavy atom. The van der Waals surface area contributed by atoms with Crippen LogP contribution in [-0.2, 0) is 0 Å². The van der Waals surface area contributed by atoms with Crippen LogP contribution in [0.25, 0.3) is 0 Å². The van der Waals surface area contributed by atoms with Crippen molar-refractivity contribution in [3.8, 4) is 0 Å². The van der Waals surface area contributed by atoms with Crippen LogP contribution in [0, 0.1) is 5.82 Å². The first kappa shape index (κ1) is 20.0. The summed E-state index contributed by atoms with van der Waals surface area (Å²) in [5.41, 5.74) is 0.528. The molecule has 0 heterocycles. The molecule has 130 valence electrons. The fourth-order valence-electron chi connectivity index (χ4n) is 1.57. The highest BCUT2D eigenvalue weighted by Gasteiger charge is 2.57. The molecule has 23 heavy (non-hydrogen) atoms. The minimum Gasteiger partial charge on any atom is -0.363 e. The molecule has 2 N–H and O–H groups in total. The summed E-state index contributed by atoms with van der Waals surface area (Å²) in [5.74, 6) is -2.96. The summed E-state index contributed by atoms with van der Waals surface area (Å²) < 4.78 is 38.8. The molecule has 2 nitrogen and oxygen atoms in total. The summed E-state index contributed by atoms with van der Waals surface area (Å²) in [4.78, 5) is 0.618. The van der Waals surface area contributed by atoms with Crippen molar-refractivity contribution in [3.63, 3.8) is 0 Å². The molecule has 1 aromatic carbocycles. The second kappa shape index (κ2) is 8.73. The lowest BCUT2D eigenvalue weighted by atomic mass is 10.3. The molecule has 0 radical (unpaired) electrons. The number of rotatable bonds is 6. The second-order valence-corrected chi connectivity index (χ2v) is 6.49. The number of unbranched alkanes of at least 4 members (excludes halogenated alkanes) is 1. The van der Waals surface area contributed by atoms with Crippen molar-refractivity contribution in [1.29, 1.82) is 0 Å². The molecule has 0 amide bonds. The molecule has 1 saturated carbocycles. The van der Waals surface area contributed by atoms with E-state index in [9.17, 15) is 13.2 Å². The Balaban J connectivity index is 0.000000593. The number of hydrogen-bond donors (Lipinski definition) is 2. The van der Waals surface area contributed by atoms with Gasteiger partial charge >= 0.3 is 0 Å². The van der Waals surface area contributed by atoms with Gasteiger partial charge in [0.15, 0.2) is 0 Å². The Morgan fingerprint density at radius 2 is 1.96 bits per heavy atom. The zero-order valence-electron chi connectivity index (χ0n) is 13.5. The van der Waals surface area contributed by atoms with Crippen molar-refractivity contribution in [3.05, 3.63) is 35.4 Å². The van der Waals surface area contributed by atoms with Crippen LogP contribution in [0.1, 0.15) is 33.1 Å². The van der Waals surface area contributed by atoms with Crippen molar-refractivity contribution in [2.45, 2.75) is 50.0 Å². The zero-order chi connectivity index (χ0) is 17.6. The molecule has 1 aliphatic carbocycles. The van der Waals surface area contributed by atoms with Gasteiger partial charge in [-0.1, -0.05) is 44.9 Å². The molecule has 2 rings (SSSR count). The maximum absolute atomic E-state index is 13.3. The molecule has 0 spiro atoms. The number of alkyl halides is 2. The molecule has 1 atom stereocenters. The first-order valence-electron chi connectivity index (χ1n) is 7.38. The van der Waals surface area contributed by atoms with E-state index in [-0.39, 0.29) is 17.3 Å². The highest BCUT2D eigenvalue weighted by atomic mass is 35.5. The summed E-state index contributed by atoms with van der Waals surface area (Å²) in [6.45, 7) is 7.98. The molecular formula is C16H22ClF3N2S. The number of hydrogen-bond acceptors (Lipinski definition) is 3. The van der Waals surface area contributed by atoms with Gasteiger partial charge in [0.1, 0.15) is 5.82 Å². The quantitative estimate of drug-likeness (QED) is 0.614. The third-order valence-electron chi connectivity index (χ3n) is 3.20. The van der Waals surface area contributed by atoms with Gasteiger partial charge in [-0.25, -0.2) is 13.2 Å². The number of thioether (sulfide) groups is 1. The Bertz CT molecular complexity index is 550. The molecule has 7 heteroatoms. The van der Waals surface area contributed by atoms with E-state index in [4.69, 9.17) is 11.6 Å². The number of anilines is 1. The lowest BCUT2D eigenvalue weighted by Crippen LogP contribution is -2.25. The Labute approximate surface area is 144 Å². The molecule has 1 aliphatic rings. The minimum absolute atomic E-state index is 0.0372. The maximum Gasteiger partial charge on any atom is 0.270 e. The van der Waals surface area contributed by atoms with Crippen LogP contribution in [0.3, 0.4) is 0 Å². The van der Waals surface area contributed by atoms with E-state index in [1.54, 1.807) is 6.26 Å². The average Bonchev–Trinajstić information content (AvgIpc) is 3.09. The predicted molar refractivity (Wildman–Crippen MR) is 93.0 cm³/mol. The number of nitrogens with one attached hydrogen (secondary N) is 2. The van der Waals surface area contributed by atoms with Crippen LogP contribution in [0.5, 0.6) is 0 Å². The van der Waals surface area contributed by atoms with Gasteiger partial charge < -0.3 is 10.6 Å². The Morgan fingerprint density at radius 1 is 1.39 bits per heavy atom. The third kappa shape index (κ3) is 6.18. The first-order valence-corrected chi connectivity index (χ1v) is 8.98. The van der Waals surface area contributed by atoms with E-state index in [0.29, 0.717) is 10.6 Å². The van der Waals surface area contributed by atoms with Gasteiger partial charge in [-0.2, -0.15) is 0 Å². The molecular weight excluding hydrogens is 345 g/mol. The predicted octanol–water partition coefficient (Wildman–Crippen LogP) is 5.89. The van der Waals surface area contributed by atoms with Gasteiger partial charge in [0.05, 0.1) is 22.6 Å². The molecule has 1 fully saturated rings. The molecule has 0 bridgehead atoms. The smallest absolute Gasteiger partial charge is 0.270 e. The van der Waals surface area contributed by atoms with Gasteiger partial charge in [0.25, 0.3) is 5.92 Å². The molecule has 1 aromatic rings. The SMILES string of the molecule is C=C(Nc1cc(Cl)c(F)cc1SC)NC1CC1(F)F.CCCC. The van der Waals surface area contributed by atoms with Crippen LogP contribution in [0.15, 0.2) is 29.4 Å². The van der Waals surface area contributed by atoms with Crippen LogP contribution in [-0.4, -0.2) is 18.2 Å². The Hall–Kier alpha value is -1.01. The first-order chi connectivity index (χ1) is 10.7. The monoisotopic (exact) mass is 366 g/mol. The van der Waals surface area contributed by atoms with Crippen molar-refractivity contribution in [2.75, 3.05) is 11.6 Å². The van der Waals surface area contributed by atoms with Crippen molar-refractivity contribution in [2.24, 2.45) is 0 Å². The van der Waals surface area contributed by atoms with E-state index in [2.05, 4.69) is 31.1 Å². The Kier molecular flexibility index (Phi) is 7.61. The van der Waals surface area contributed by atoms with E-state index >= 15 is 0 Å². The summed E-state index contributed by atoms with van der Waals surface area (Å²) >= 11 is 7.01. The second-order valence-electron chi connectivity index (χ2n) is 5.23.